The van der Waals surface area contributed by atoms with Crippen LogP contribution >= 0.6 is 11.6 Å². The van der Waals surface area contributed by atoms with Crippen LogP contribution in [0.4, 0.5) is 28.4 Å². The maximum atomic E-state index is 14.6. The van der Waals surface area contributed by atoms with Gasteiger partial charge in [0.25, 0.3) is 15.9 Å². The van der Waals surface area contributed by atoms with Crippen LogP contribution in [0.15, 0.2) is 89.5 Å². The molecule has 2 aromatic heterocycles. The molecule has 390 valence electrons. The van der Waals surface area contributed by atoms with Gasteiger partial charge < -0.3 is 49.9 Å². The molecule has 3 fully saturated rings. The fourth-order valence-electron chi connectivity index (χ4n) is 11.2. The quantitative estimate of drug-likeness (QED) is 0.0828. The number of aromatic amines is 1. The summed E-state index contributed by atoms with van der Waals surface area (Å²) in [5.74, 6) is -0.298. The molecule has 1 unspecified atom stereocenters. The summed E-state index contributed by atoms with van der Waals surface area (Å²) in [6.45, 7) is 12.2. The van der Waals surface area contributed by atoms with Gasteiger partial charge in [0, 0.05) is 74.8 Å². The number of allylic oxidation sites excluding steroid dienone is 1. The molecule has 10 rings (SSSR count). The van der Waals surface area contributed by atoms with Crippen LogP contribution in [-0.2, 0) is 19.5 Å². The minimum Gasteiger partial charge on any atom is -0.733 e. The van der Waals surface area contributed by atoms with E-state index in [4.69, 9.17) is 30.8 Å². The topological polar surface area (TPSA) is 208 Å². The van der Waals surface area contributed by atoms with E-state index in [2.05, 4.69) is 50.8 Å². The Morgan fingerprint density at radius 1 is 0.973 bits per heavy atom. The van der Waals surface area contributed by atoms with Gasteiger partial charge in [-0.2, -0.15) is 4.98 Å². The second-order valence-corrected chi connectivity index (χ2v) is 23.5. The van der Waals surface area contributed by atoms with Crippen molar-refractivity contribution >= 4 is 72.6 Å². The highest BCUT2D eigenvalue weighted by Crippen LogP contribution is 2.46. The number of benzene rings is 3. The average molecular weight is 1040 g/mol. The van der Waals surface area contributed by atoms with Gasteiger partial charge >= 0.3 is 0 Å². The number of halogens is 1. The molecule has 1 saturated carbocycles. The molecular formula is C54H66ClN8O9S-. The van der Waals surface area contributed by atoms with E-state index in [0.29, 0.717) is 99.8 Å². The van der Waals surface area contributed by atoms with E-state index >= 15 is 0 Å². The summed E-state index contributed by atoms with van der Waals surface area (Å²) in [4.78, 5) is 29.0. The Morgan fingerprint density at radius 3 is 2.58 bits per heavy atom. The highest BCUT2D eigenvalue weighted by Gasteiger charge is 2.39. The Hall–Kier alpha value is -5.44. The van der Waals surface area contributed by atoms with Gasteiger partial charge in [-0.3, -0.25) is 14.9 Å². The van der Waals surface area contributed by atoms with E-state index < -0.39 is 21.5 Å². The average Bonchev–Trinajstić information content (AvgIpc) is 3.71. The third-order valence-electron chi connectivity index (χ3n) is 15.3. The molecule has 3 aliphatic heterocycles. The van der Waals surface area contributed by atoms with Crippen molar-refractivity contribution in [2.24, 2.45) is 11.3 Å². The molecule has 19 heteroatoms. The third kappa shape index (κ3) is 11.5. The zero-order valence-corrected chi connectivity index (χ0v) is 43.3. The first kappa shape index (κ1) is 51.1. The Balaban J connectivity index is 0.956. The molecule has 0 bridgehead atoms. The summed E-state index contributed by atoms with van der Waals surface area (Å²) in [5, 5.41) is 37.4. The molecule has 73 heavy (non-hydrogen) atoms. The van der Waals surface area contributed by atoms with Crippen LogP contribution in [0.1, 0.15) is 88.1 Å². The molecule has 2 atom stereocenters. The molecule has 5 heterocycles. The van der Waals surface area contributed by atoms with Crippen LogP contribution in [0, 0.1) is 16.5 Å². The lowest BCUT2D eigenvalue weighted by Crippen LogP contribution is -2.56. The number of nitrogens with one attached hydrogen (secondary N) is 3. The van der Waals surface area contributed by atoms with Crippen LogP contribution in [0.2, 0.25) is 5.02 Å². The predicted molar refractivity (Wildman–Crippen MR) is 284 cm³/mol. The molecule has 2 saturated heterocycles. The fraction of sp³-hybridized carbons (Fsp3) is 0.481. The zero-order valence-electron chi connectivity index (χ0n) is 41.7. The van der Waals surface area contributed by atoms with Crippen LogP contribution in [0.3, 0.4) is 0 Å². The number of aliphatic hydroxyl groups is 1. The number of hydrogen-bond acceptors (Lipinski definition) is 15. The second kappa shape index (κ2) is 21.1. The minimum absolute atomic E-state index is 0.0108. The van der Waals surface area contributed by atoms with Crippen molar-refractivity contribution in [2.75, 3.05) is 86.0 Å². The SMILES string of the molecule is CC1(C)CC(c2ccc(Cl)cc2)=C2CN3CCN(c4ccc(C(=O)NS(=O)(=O)c5ccc(NCC6CCC(C)(O)CC6)c(N([O-])O)c5)c(N5CCCOc6nc7[nH]ccc7cc65)c4)CC3COCCCO[C@@H]2C1. The van der Waals surface area contributed by atoms with Crippen LogP contribution < -0.4 is 29.8 Å². The minimum atomic E-state index is -4.60. The van der Waals surface area contributed by atoms with E-state index in [0.717, 1.165) is 67.9 Å². The maximum absolute atomic E-state index is 14.6. The number of rotatable bonds is 10. The van der Waals surface area contributed by atoms with Gasteiger partial charge in [0.1, 0.15) is 11.3 Å². The number of hydrogen-bond donors (Lipinski definition) is 5. The van der Waals surface area contributed by atoms with E-state index in [9.17, 15) is 28.7 Å². The van der Waals surface area contributed by atoms with Crippen molar-refractivity contribution in [2.45, 2.75) is 94.8 Å². The Morgan fingerprint density at radius 2 is 1.78 bits per heavy atom. The number of pyridine rings is 1. The lowest BCUT2D eigenvalue weighted by atomic mass is 9.71. The molecule has 5 aromatic rings. The molecule has 5 N–H and O–H groups in total. The summed E-state index contributed by atoms with van der Waals surface area (Å²) in [6, 6.07) is 21.2. The van der Waals surface area contributed by atoms with Crippen molar-refractivity contribution in [1.82, 2.24) is 19.6 Å². The first-order valence-corrected chi connectivity index (χ1v) is 27.4. The summed E-state index contributed by atoms with van der Waals surface area (Å²) < 4.78 is 49.8. The highest BCUT2D eigenvalue weighted by molar-refractivity contribution is 7.90. The molecule has 0 spiro atoms. The van der Waals surface area contributed by atoms with Crippen molar-refractivity contribution in [3.8, 4) is 5.88 Å². The smallest absolute Gasteiger partial charge is 0.267 e. The fourth-order valence-corrected chi connectivity index (χ4v) is 12.3. The Bertz CT molecular complexity index is 2950. The first-order valence-electron chi connectivity index (χ1n) is 25.5. The molecule has 3 aromatic carbocycles. The zero-order chi connectivity index (χ0) is 51.1. The van der Waals surface area contributed by atoms with E-state index in [1.165, 1.54) is 23.3 Å². The molecule has 1 amide bonds. The van der Waals surface area contributed by atoms with Crippen molar-refractivity contribution in [3.05, 3.63) is 106 Å². The number of fused-ring (bicyclic) bond motifs is 4. The van der Waals surface area contributed by atoms with E-state index in [1.54, 1.807) is 12.3 Å². The number of carbonyl (C=O) groups excluding carboxylic acids is 1. The largest absolute Gasteiger partial charge is 0.733 e. The number of ether oxygens (including phenoxy) is 3. The second-order valence-electron chi connectivity index (χ2n) is 21.4. The summed E-state index contributed by atoms with van der Waals surface area (Å²) >= 11 is 6.38. The van der Waals surface area contributed by atoms with Crippen molar-refractivity contribution in [1.29, 1.82) is 0 Å². The summed E-state index contributed by atoms with van der Waals surface area (Å²) in [6.07, 6.45) is 7.79. The normalized spacial score (nSPS) is 24.1. The van der Waals surface area contributed by atoms with Crippen molar-refractivity contribution in [3.63, 3.8) is 0 Å². The standard InChI is InChI=1S/C54H66ClN8O9S/c1-53(2)29-43(36-6-8-38(55)9-7-36)44-33-61-22-21-60(32-40(61)34-70-23-5-25-71-49(44)30-53)39-10-12-42(46(27-39)62-20-4-24-72-52-48(62)26-37-16-19-56-50(37)58-52)51(64)59-73(68,69)41-11-13-45(47(28-41)63(66)67)57-31-35-14-17-54(3,65)18-15-35/h6-13,16,19,26-28,35,40,49,57,65-66H,4-5,14-15,17-18,20-25,29-34H2,1-3H3,(H,56,58)(H,59,64)/q-1/t35?,40?,49-,54?/m1/s1. The summed E-state index contributed by atoms with van der Waals surface area (Å²) in [5.41, 5.74) is 5.69. The van der Waals surface area contributed by atoms with Gasteiger partial charge in [-0.15, -0.1) is 0 Å². The third-order valence-corrected chi connectivity index (χ3v) is 16.9. The van der Waals surface area contributed by atoms with Crippen molar-refractivity contribution < 1.29 is 37.7 Å². The molecule has 17 nitrogen and oxygen atoms in total. The van der Waals surface area contributed by atoms with Gasteiger partial charge in [0.2, 0.25) is 5.88 Å². The molecule has 5 aliphatic rings. The number of carbonyl (C=O) groups is 1. The lowest BCUT2D eigenvalue weighted by molar-refractivity contribution is 0.00975. The highest BCUT2D eigenvalue weighted by atomic mass is 35.5. The van der Waals surface area contributed by atoms with Crippen LogP contribution in [0.5, 0.6) is 5.88 Å². The number of anilines is 5. The number of nitrogens with zero attached hydrogens (tertiary/aromatic N) is 5. The first-order chi connectivity index (χ1) is 35.0. The lowest BCUT2D eigenvalue weighted by Gasteiger charge is -2.45. The van der Waals surface area contributed by atoms with Gasteiger partial charge in [0.15, 0.2) is 0 Å². The number of aromatic nitrogens is 2. The number of piperazine rings is 1. The predicted octanol–water partition coefficient (Wildman–Crippen LogP) is 8.87. The Kier molecular flexibility index (Phi) is 14.7. The van der Waals surface area contributed by atoms with E-state index in [1.807, 2.05) is 48.2 Å². The van der Waals surface area contributed by atoms with Gasteiger partial charge in [-0.25, -0.2) is 13.1 Å². The van der Waals surface area contributed by atoms with Gasteiger partial charge in [-0.1, -0.05) is 37.6 Å². The monoisotopic (exact) mass is 1040 g/mol. The summed E-state index contributed by atoms with van der Waals surface area (Å²) in [7, 11) is -4.60. The molecule has 0 radical (unpaired) electrons. The van der Waals surface area contributed by atoms with E-state index in [-0.39, 0.29) is 50.5 Å². The van der Waals surface area contributed by atoms with Crippen LogP contribution in [0.25, 0.3) is 16.6 Å². The number of amides is 1. The van der Waals surface area contributed by atoms with Gasteiger partial charge in [0.05, 0.1) is 58.5 Å². The number of H-pyrrole nitrogens is 1. The molecule has 2 aliphatic carbocycles. The van der Waals surface area contributed by atoms with Gasteiger partial charge in [-0.05, 0) is 147 Å². The maximum Gasteiger partial charge on any atom is 0.267 e. The molecular weight excluding hydrogens is 972 g/mol. The Labute approximate surface area is 432 Å². The number of sulfonamides is 1. The van der Waals surface area contributed by atoms with Crippen LogP contribution in [-0.4, -0.2) is 123 Å².